The van der Waals surface area contributed by atoms with E-state index in [0.717, 1.165) is 20.8 Å². The molecule has 1 N–H and O–H groups in total. The van der Waals surface area contributed by atoms with Crippen LogP contribution in [-0.2, 0) is 0 Å². The number of hydrogen-bond donors (Lipinski definition) is 1. The monoisotopic (exact) mass is 352 g/mol. The molecule has 6 heteroatoms. The first-order valence-corrected chi connectivity index (χ1v) is 6.97. The van der Waals surface area contributed by atoms with Gasteiger partial charge >= 0.3 is 0 Å². The van der Waals surface area contributed by atoms with Gasteiger partial charge in [-0.05, 0) is 46.6 Å². The fourth-order valence-electron chi connectivity index (χ4n) is 1.65. The predicted octanol–water partition coefficient (Wildman–Crippen LogP) is 4.83. The van der Waals surface area contributed by atoms with Gasteiger partial charge in [-0.1, -0.05) is 11.6 Å². The van der Waals surface area contributed by atoms with E-state index in [0.29, 0.717) is 5.56 Å². The maximum Gasteiger partial charge on any atom is 0.142 e. The van der Waals surface area contributed by atoms with Crippen molar-refractivity contribution in [3.8, 4) is 0 Å². The number of rotatable bonds is 2. The summed E-state index contributed by atoms with van der Waals surface area (Å²) in [5.74, 6) is -1.48. The van der Waals surface area contributed by atoms with Gasteiger partial charge in [-0.3, -0.25) is 0 Å². The van der Waals surface area contributed by atoms with E-state index in [9.17, 15) is 13.9 Å². The van der Waals surface area contributed by atoms with Crippen molar-refractivity contribution in [2.45, 2.75) is 13.0 Å². The number of benzene rings is 1. The highest BCUT2D eigenvalue weighted by Crippen LogP contribution is 2.35. The predicted molar refractivity (Wildman–Crippen MR) is 72.2 cm³/mol. The lowest BCUT2D eigenvalue weighted by Gasteiger charge is -2.12. The van der Waals surface area contributed by atoms with E-state index < -0.39 is 17.7 Å². The third-order valence-corrected chi connectivity index (χ3v) is 4.41. The molecule has 1 nitrogen and oxygen atoms in total. The van der Waals surface area contributed by atoms with Gasteiger partial charge in [-0.15, -0.1) is 11.3 Å². The molecule has 2 aromatic rings. The normalized spacial score (nSPS) is 12.8. The molecule has 96 valence electrons. The van der Waals surface area contributed by atoms with Gasteiger partial charge in [0.15, 0.2) is 0 Å². The molecule has 0 radical (unpaired) electrons. The molecule has 0 aliphatic carbocycles. The second-order valence-electron chi connectivity index (χ2n) is 3.75. The van der Waals surface area contributed by atoms with Crippen molar-refractivity contribution in [2.75, 3.05) is 0 Å². The Morgan fingerprint density at radius 3 is 2.44 bits per heavy atom. The van der Waals surface area contributed by atoms with Crippen LogP contribution in [0.15, 0.2) is 22.0 Å². The lowest BCUT2D eigenvalue weighted by Crippen LogP contribution is -2.03. The maximum atomic E-state index is 13.7. The minimum atomic E-state index is -1.21. The van der Waals surface area contributed by atoms with Crippen molar-refractivity contribution in [3.05, 3.63) is 54.6 Å². The zero-order chi connectivity index (χ0) is 13.4. The summed E-state index contributed by atoms with van der Waals surface area (Å²) in [6.07, 6.45) is -1.21. The molecule has 1 aromatic heterocycles. The van der Waals surface area contributed by atoms with Gasteiger partial charge in [0, 0.05) is 10.4 Å². The van der Waals surface area contributed by atoms with Crippen molar-refractivity contribution < 1.29 is 13.9 Å². The second-order valence-corrected chi connectivity index (χ2v) is 6.80. The molecule has 0 bridgehead atoms. The highest BCUT2D eigenvalue weighted by molar-refractivity contribution is 9.11. The molecule has 0 spiro atoms. The number of aryl methyl sites for hydroxylation is 1. The topological polar surface area (TPSA) is 20.2 Å². The largest absolute Gasteiger partial charge is 0.384 e. The Hall–Kier alpha value is -0.490. The summed E-state index contributed by atoms with van der Waals surface area (Å²) < 4.78 is 27.8. The molecule has 18 heavy (non-hydrogen) atoms. The molecule has 1 atom stereocenters. The van der Waals surface area contributed by atoms with Crippen molar-refractivity contribution >= 4 is 38.9 Å². The van der Waals surface area contributed by atoms with Crippen molar-refractivity contribution in [1.82, 2.24) is 0 Å². The number of hydrogen-bond acceptors (Lipinski definition) is 2. The number of aliphatic hydroxyl groups is 1. The van der Waals surface area contributed by atoms with Gasteiger partial charge in [0.2, 0.25) is 0 Å². The van der Waals surface area contributed by atoms with Crippen LogP contribution in [0.3, 0.4) is 0 Å². The van der Waals surface area contributed by atoms with Crippen LogP contribution in [-0.4, -0.2) is 5.11 Å². The van der Waals surface area contributed by atoms with Gasteiger partial charge in [-0.25, -0.2) is 8.78 Å². The van der Waals surface area contributed by atoms with Gasteiger partial charge < -0.3 is 5.11 Å². The lowest BCUT2D eigenvalue weighted by atomic mass is 10.0. The molecule has 0 aliphatic rings. The molecule has 0 aliphatic heterocycles. The van der Waals surface area contributed by atoms with Crippen molar-refractivity contribution in [3.63, 3.8) is 0 Å². The Bertz CT molecular complexity index is 600. The SMILES string of the molecule is Cc1sc(Br)cc1C(O)c1cc(F)c(Cl)cc1F. The first-order valence-electron chi connectivity index (χ1n) is 4.98. The highest BCUT2D eigenvalue weighted by Gasteiger charge is 2.20. The smallest absolute Gasteiger partial charge is 0.142 e. The van der Waals surface area contributed by atoms with Gasteiger partial charge in [0.05, 0.1) is 8.81 Å². The number of halogens is 4. The average Bonchev–Trinajstić information content (AvgIpc) is 2.62. The molecule has 0 saturated carbocycles. The average molecular weight is 354 g/mol. The molecule has 0 amide bonds. The fraction of sp³-hybridized carbons (Fsp3) is 0.167. The fourth-order valence-corrected chi connectivity index (χ4v) is 3.54. The summed E-state index contributed by atoms with van der Waals surface area (Å²) in [5, 5.41) is 9.82. The Balaban J connectivity index is 2.49. The van der Waals surface area contributed by atoms with E-state index in [-0.39, 0.29) is 10.6 Å². The van der Waals surface area contributed by atoms with Crippen LogP contribution in [0.4, 0.5) is 8.78 Å². The van der Waals surface area contributed by atoms with Crippen molar-refractivity contribution in [1.29, 1.82) is 0 Å². The minimum absolute atomic E-state index is 0.120. The van der Waals surface area contributed by atoms with E-state index in [1.807, 2.05) is 0 Å². The molecule has 1 aromatic carbocycles. The summed E-state index contributed by atoms with van der Waals surface area (Å²) in [4.78, 5) is 0.837. The first kappa shape index (κ1) is 13.9. The Morgan fingerprint density at radius 1 is 1.22 bits per heavy atom. The van der Waals surface area contributed by atoms with E-state index in [2.05, 4.69) is 15.9 Å². The van der Waals surface area contributed by atoms with E-state index in [4.69, 9.17) is 11.6 Å². The third-order valence-electron chi connectivity index (χ3n) is 2.55. The second kappa shape index (κ2) is 5.25. The van der Waals surface area contributed by atoms with Crippen LogP contribution in [0, 0.1) is 18.6 Å². The minimum Gasteiger partial charge on any atom is -0.384 e. The maximum absolute atomic E-state index is 13.7. The highest BCUT2D eigenvalue weighted by atomic mass is 79.9. The molecule has 1 heterocycles. The van der Waals surface area contributed by atoms with Crippen LogP contribution < -0.4 is 0 Å². The summed E-state index contributed by atoms with van der Waals surface area (Å²) >= 11 is 10.2. The quantitative estimate of drug-likeness (QED) is 0.767. The molecular weight excluding hydrogens is 346 g/mol. The van der Waals surface area contributed by atoms with Crippen LogP contribution >= 0.6 is 38.9 Å². The van der Waals surface area contributed by atoms with Gasteiger partial charge in [0.1, 0.15) is 17.7 Å². The standard InChI is InChI=1S/C12H8BrClF2OS/c1-5-6(3-11(13)18-5)12(17)7-2-10(16)8(14)4-9(7)15/h2-4,12,17H,1H3. The molecule has 0 fully saturated rings. The summed E-state index contributed by atoms with van der Waals surface area (Å²) in [5.41, 5.74) is 0.429. The Kier molecular flexibility index (Phi) is 4.06. The molecule has 0 saturated heterocycles. The van der Waals surface area contributed by atoms with Crippen LogP contribution in [0.25, 0.3) is 0 Å². The first-order chi connectivity index (χ1) is 8.40. The molecular formula is C12H8BrClF2OS. The molecule has 2 rings (SSSR count). The van der Waals surface area contributed by atoms with Crippen LogP contribution in [0.1, 0.15) is 22.1 Å². The van der Waals surface area contributed by atoms with Crippen LogP contribution in [0.2, 0.25) is 5.02 Å². The number of aliphatic hydroxyl groups excluding tert-OH is 1. The summed E-state index contributed by atoms with van der Waals surface area (Å²) in [6.45, 7) is 1.80. The van der Waals surface area contributed by atoms with E-state index >= 15 is 0 Å². The van der Waals surface area contributed by atoms with E-state index in [1.54, 1.807) is 13.0 Å². The Morgan fingerprint density at radius 2 is 1.89 bits per heavy atom. The zero-order valence-corrected chi connectivity index (χ0v) is 12.3. The van der Waals surface area contributed by atoms with E-state index in [1.165, 1.54) is 11.3 Å². The molecule has 1 unspecified atom stereocenters. The summed E-state index contributed by atoms with van der Waals surface area (Å²) in [6, 6.07) is 3.48. The number of thiophene rings is 1. The lowest BCUT2D eigenvalue weighted by molar-refractivity contribution is 0.214. The van der Waals surface area contributed by atoms with Crippen molar-refractivity contribution in [2.24, 2.45) is 0 Å². The Labute approximate surface area is 120 Å². The third kappa shape index (κ3) is 2.59. The van der Waals surface area contributed by atoms with Gasteiger partial charge in [0.25, 0.3) is 0 Å². The van der Waals surface area contributed by atoms with Crippen LogP contribution in [0.5, 0.6) is 0 Å². The zero-order valence-electron chi connectivity index (χ0n) is 9.18. The summed E-state index contributed by atoms with van der Waals surface area (Å²) in [7, 11) is 0. The van der Waals surface area contributed by atoms with Gasteiger partial charge in [-0.2, -0.15) is 0 Å².